The molecule has 0 aromatic carbocycles. The molecule has 0 bridgehead atoms. The first-order valence-electron chi connectivity index (χ1n) is 7.18. The molecule has 0 aliphatic carbocycles. The zero-order chi connectivity index (χ0) is 14.7. The number of hydrogen-bond acceptors (Lipinski definition) is 4. The molecule has 0 saturated carbocycles. The second-order valence-electron chi connectivity index (χ2n) is 5.77. The van der Waals surface area contributed by atoms with Crippen LogP contribution in [0.4, 0.5) is 5.69 Å². The van der Waals surface area contributed by atoms with Gasteiger partial charge in [0.2, 0.25) is 0 Å². The van der Waals surface area contributed by atoms with Crippen molar-refractivity contribution in [2.24, 2.45) is 13.0 Å². The normalized spacial score (nSPS) is 21.7. The highest BCUT2D eigenvalue weighted by atomic mass is 79.9. The summed E-state index contributed by atoms with van der Waals surface area (Å²) in [4.78, 5) is 14.3. The maximum atomic E-state index is 11.8. The SMILES string of the molecule is CC1CCCN(C(C)CNc2cnn(C)c(=O)c2Br)C1. The number of hydrogen-bond donors (Lipinski definition) is 1. The van der Waals surface area contributed by atoms with Gasteiger partial charge in [0.1, 0.15) is 4.47 Å². The maximum absolute atomic E-state index is 11.8. The van der Waals surface area contributed by atoms with Gasteiger partial charge in [-0.15, -0.1) is 0 Å². The van der Waals surface area contributed by atoms with Crippen molar-refractivity contribution in [2.75, 3.05) is 25.0 Å². The first-order chi connectivity index (χ1) is 9.49. The van der Waals surface area contributed by atoms with Crippen LogP contribution in [0, 0.1) is 5.92 Å². The zero-order valence-electron chi connectivity index (χ0n) is 12.4. The van der Waals surface area contributed by atoms with E-state index >= 15 is 0 Å². The topological polar surface area (TPSA) is 50.2 Å². The summed E-state index contributed by atoms with van der Waals surface area (Å²) in [6, 6.07) is 0.453. The molecule has 1 aliphatic heterocycles. The van der Waals surface area contributed by atoms with E-state index in [9.17, 15) is 4.79 Å². The lowest BCUT2D eigenvalue weighted by Gasteiger charge is -2.35. The fourth-order valence-corrected chi connectivity index (χ4v) is 3.15. The molecule has 0 amide bonds. The van der Waals surface area contributed by atoms with Crippen molar-refractivity contribution in [3.05, 3.63) is 21.0 Å². The highest BCUT2D eigenvalue weighted by molar-refractivity contribution is 9.10. The van der Waals surface area contributed by atoms with Crippen LogP contribution in [0.5, 0.6) is 0 Å². The molecule has 1 aromatic heterocycles. The molecule has 1 fully saturated rings. The van der Waals surface area contributed by atoms with Gasteiger partial charge in [-0.1, -0.05) is 6.92 Å². The van der Waals surface area contributed by atoms with Gasteiger partial charge in [-0.2, -0.15) is 5.10 Å². The average Bonchev–Trinajstić information content (AvgIpc) is 2.44. The van der Waals surface area contributed by atoms with Crippen LogP contribution in [-0.2, 0) is 7.05 Å². The number of nitrogens with one attached hydrogen (secondary N) is 1. The minimum atomic E-state index is -0.116. The summed E-state index contributed by atoms with van der Waals surface area (Å²) in [5.41, 5.74) is 0.652. The van der Waals surface area contributed by atoms with Crippen LogP contribution in [0.3, 0.4) is 0 Å². The Morgan fingerprint density at radius 2 is 2.35 bits per heavy atom. The molecule has 1 aromatic rings. The number of aryl methyl sites for hydroxylation is 1. The third kappa shape index (κ3) is 3.61. The molecule has 112 valence electrons. The molecule has 1 aliphatic rings. The number of likely N-dealkylation sites (tertiary alicyclic amines) is 1. The predicted molar refractivity (Wildman–Crippen MR) is 85.1 cm³/mol. The fraction of sp³-hybridized carbons (Fsp3) is 0.714. The standard InChI is InChI=1S/C14H23BrN4O/c1-10-5-4-6-19(9-10)11(2)7-16-12-8-17-18(3)14(20)13(12)15/h8,10-11,16H,4-7,9H2,1-3H3. The lowest BCUT2D eigenvalue weighted by Crippen LogP contribution is -2.43. The summed E-state index contributed by atoms with van der Waals surface area (Å²) in [5, 5.41) is 7.37. The van der Waals surface area contributed by atoms with Crippen LogP contribution in [0.15, 0.2) is 15.5 Å². The van der Waals surface area contributed by atoms with Gasteiger partial charge in [-0.25, -0.2) is 4.68 Å². The van der Waals surface area contributed by atoms with E-state index < -0.39 is 0 Å². The molecule has 2 heterocycles. The van der Waals surface area contributed by atoms with E-state index in [-0.39, 0.29) is 5.56 Å². The van der Waals surface area contributed by atoms with Gasteiger partial charge in [-0.3, -0.25) is 9.69 Å². The number of halogens is 1. The Balaban J connectivity index is 1.95. The van der Waals surface area contributed by atoms with E-state index in [1.165, 1.54) is 30.6 Å². The van der Waals surface area contributed by atoms with Crippen molar-refractivity contribution in [3.63, 3.8) is 0 Å². The maximum Gasteiger partial charge on any atom is 0.282 e. The molecular formula is C14H23BrN4O. The third-order valence-electron chi connectivity index (χ3n) is 3.98. The van der Waals surface area contributed by atoms with Crippen molar-refractivity contribution < 1.29 is 0 Å². The molecule has 1 saturated heterocycles. The summed E-state index contributed by atoms with van der Waals surface area (Å²) in [7, 11) is 1.65. The Kier molecular flexibility index (Phi) is 5.21. The Bertz CT molecular complexity index is 516. The summed E-state index contributed by atoms with van der Waals surface area (Å²) in [6.45, 7) is 7.70. The summed E-state index contributed by atoms with van der Waals surface area (Å²) < 4.78 is 1.87. The van der Waals surface area contributed by atoms with Gasteiger partial charge in [0.05, 0.1) is 11.9 Å². The van der Waals surface area contributed by atoms with Gasteiger partial charge >= 0.3 is 0 Å². The van der Waals surface area contributed by atoms with Gasteiger partial charge < -0.3 is 5.32 Å². The van der Waals surface area contributed by atoms with Crippen LogP contribution in [-0.4, -0.2) is 40.4 Å². The molecule has 20 heavy (non-hydrogen) atoms. The first kappa shape index (κ1) is 15.5. The van der Waals surface area contributed by atoms with Crippen LogP contribution >= 0.6 is 15.9 Å². The molecule has 6 heteroatoms. The highest BCUT2D eigenvalue weighted by Gasteiger charge is 2.20. The monoisotopic (exact) mass is 342 g/mol. The van der Waals surface area contributed by atoms with Gasteiger partial charge in [0.25, 0.3) is 5.56 Å². The highest BCUT2D eigenvalue weighted by Crippen LogP contribution is 2.19. The van der Waals surface area contributed by atoms with Crippen LogP contribution in [0.2, 0.25) is 0 Å². The Labute approximate surface area is 128 Å². The number of anilines is 1. The molecule has 2 rings (SSSR count). The van der Waals surface area contributed by atoms with E-state index in [2.05, 4.69) is 45.1 Å². The minimum Gasteiger partial charge on any atom is -0.381 e. The molecule has 2 atom stereocenters. The Hall–Kier alpha value is -0.880. The van der Waals surface area contributed by atoms with E-state index in [4.69, 9.17) is 0 Å². The lowest BCUT2D eigenvalue weighted by atomic mass is 9.99. The van der Waals surface area contributed by atoms with Crippen molar-refractivity contribution in [3.8, 4) is 0 Å². The van der Waals surface area contributed by atoms with Gasteiger partial charge in [0.15, 0.2) is 0 Å². The van der Waals surface area contributed by atoms with E-state index in [1.807, 2.05) is 0 Å². The molecule has 0 spiro atoms. The van der Waals surface area contributed by atoms with Crippen LogP contribution in [0.1, 0.15) is 26.7 Å². The average molecular weight is 343 g/mol. The van der Waals surface area contributed by atoms with Crippen molar-refractivity contribution >= 4 is 21.6 Å². The third-order valence-corrected chi connectivity index (χ3v) is 4.74. The van der Waals surface area contributed by atoms with Crippen molar-refractivity contribution in [1.82, 2.24) is 14.7 Å². The molecule has 5 nitrogen and oxygen atoms in total. The van der Waals surface area contributed by atoms with Gasteiger partial charge in [-0.05, 0) is 48.2 Å². The van der Waals surface area contributed by atoms with Gasteiger partial charge in [0, 0.05) is 26.2 Å². The van der Waals surface area contributed by atoms with Crippen molar-refractivity contribution in [2.45, 2.75) is 32.7 Å². The summed E-state index contributed by atoms with van der Waals surface area (Å²) in [5.74, 6) is 0.781. The predicted octanol–water partition coefficient (Wildman–Crippen LogP) is 2.08. The van der Waals surface area contributed by atoms with E-state index in [0.717, 1.165) is 18.2 Å². The first-order valence-corrected chi connectivity index (χ1v) is 7.98. The zero-order valence-corrected chi connectivity index (χ0v) is 14.0. The second kappa shape index (κ2) is 6.72. The summed E-state index contributed by atoms with van der Waals surface area (Å²) in [6.07, 6.45) is 4.31. The Morgan fingerprint density at radius 1 is 1.60 bits per heavy atom. The van der Waals surface area contributed by atoms with Crippen LogP contribution < -0.4 is 10.9 Å². The number of nitrogens with zero attached hydrogens (tertiary/aromatic N) is 3. The Morgan fingerprint density at radius 3 is 3.05 bits per heavy atom. The molecule has 1 N–H and O–H groups in total. The molecular weight excluding hydrogens is 320 g/mol. The second-order valence-corrected chi connectivity index (χ2v) is 6.57. The largest absolute Gasteiger partial charge is 0.381 e. The molecule has 0 radical (unpaired) electrons. The van der Waals surface area contributed by atoms with E-state index in [0.29, 0.717) is 10.5 Å². The minimum absolute atomic E-state index is 0.116. The number of aromatic nitrogens is 2. The number of rotatable bonds is 4. The van der Waals surface area contributed by atoms with Crippen LogP contribution in [0.25, 0.3) is 0 Å². The number of piperidine rings is 1. The smallest absolute Gasteiger partial charge is 0.282 e. The lowest BCUT2D eigenvalue weighted by molar-refractivity contribution is 0.144. The van der Waals surface area contributed by atoms with E-state index in [1.54, 1.807) is 13.2 Å². The fourth-order valence-electron chi connectivity index (χ4n) is 2.65. The molecule has 2 unspecified atom stereocenters. The summed E-state index contributed by atoms with van der Waals surface area (Å²) >= 11 is 3.34. The van der Waals surface area contributed by atoms with Crippen molar-refractivity contribution in [1.29, 1.82) is 0 Å². The quantitative estimate of drug-likeness (QED) is 0.909.